The van der Waals surface area contributed by atoms with Crippen molar-refractivity contribution >= 4 is 36.6 Å². The largest absolute Gasteiger partial charge is 0.391 e. The molecular weight excluding hydrogens is 379 g/mol. The Kier molecular flexibility index (Phi) is 9.61. The quantitative estimate of drug-likeness (QED) is 0.567. The highest BCUT2D eigenvalue weighted by molar-refractivity contribution is 5.89. The molecule has 2 amide bonds. The number of hydrogen-bond acceptors (Lipinski definition) is 5. The molecule has 0 spiro atoms. The van der Waals surface area contributed by atoms with Gasteiger partial charge in [-0.1, -0.05) is 6.92 Å². The van der Waals surface area contributed by atoms with Gasteiger partial charge in [-0.3, -0.25) is 14.5 Å². The lowest BCUT2D eigenvalue weighted by Crippen LogP contribution is -2.42. The number of carbonyl (C=O) groups is 2. The summed E-state index contributed by atoms with van der Waals surface area (Å²) in [6.45, 7) is 7.37. The third-order valence-corrected chi connectivity index (χ3v) is 5.76. The Hall–Kier alpha value is -0.600. The van der Waals surface area contributed by atoms with Crippen LogP contribution in [0.15, 0.2) is 0 Å². The highest BCUT2D eigenvalue weighted by atomic mass is 35.5. The molecule has 4 unspecified atom stereocenters. The van der Waals surface area contributed by atoms with Gasteiger partial charge in [-0.15, -0.1) is 24.8 Å². The molecule has 3 N–H and O–H groups in total. The second kappa shape index (κ2) is 10.7. The van der Waals surface area contributed by atoms with Gasteiger partial charge < -0.3 is 20.6 Å². The summed E-state index contributed by atoms with van der Waals surface area (Å²) < 4.78 is 0. The van der Waals surface area contributed by atoms with Gasteiger partial charge in [-0.2, -0.15) is 0 Å². The van der Waals surface area contributed by atoms with Crippen LogP contribution in [-0.2, 0) is 9.59 Å². The molecule has 3 aliphatic rings. The summed E-state index contributed by atoms with van der Waals surface area (Å²) in [6.07, 6.45) is 2.26. The topological polar surface area (TPSA) is 84.9 Å². The zero-order chi connectivity index (χ0) is 17.1. The van der Waals surface area contributed by atoms with E-state index < -0.39 is 6.10 Å². The number of amides is 2. The average Bonchev–Trinajstić information content (AvgIpc) is 3.27. The first-order valence-corrected chi connectivity index (χ1v) is 9.26. The fourth-order valence-corrected chi connectivity index (χ4v) is 4.20. The number of aliphatic hydroxyl groups is 1. The van der Waals surface area contributed by atoms with Crippen LogP contribution in [-0.4, -0.2) is 84.7 Å². The van der Waals surface area contributed by atoms with Gasteiger partial charge in [0, 0.05) is 51.1 Å². The first-order valence-electron chi connectivity index (χ1n) is 9.26. The summed E-state index contributed by atoms with van der Waals surface area (Å²) in [6, 6.07) is 0.445. The Morgan fingerprint density at radius 2 is 2.12 bits per heavy atom. The van der Waals surface area contributed by atoms with E-state index in [2.05, 4.69) is 22.5 Å². The van der Waals surface area contributed by atoms with Gasteiger partial charge in [-0.25, -0.2) is 0 Å². The van der Waals surface area contributed by atoms with Crippen molar-refractivity contribution < 1.29 is 14.7 Å². The van der Waals surface area contributed by atoms with E-state index in [1.165, 1.54) is 6.42 Å². The molecule has 9 heteroatoms. The van der Waals surface area contributed by atoms with Crippen molar-refractivity contribution in [3.63, 3.8) is 0 Å². The summed E-state index contributed by atoms with van der Waals surface area (Å²) in [5.41, 5.74) is 0. The van der Waals surface area contributed by atoms with Crippen LogP contribution < -0.4 is 10.6 Å². The van der Waals surface area contributed by atoms with Gasteiger partial charge in [0.1, 0.15) is 0 Å². The molecule has 0 aromatic rings. The van der Waals surface area contributed by atoms with Crippen LogP contribution in [0.5, 0.6) is 0 Å². The number of β-amino-alcohol motifs (C(OH)–C–C–N with tert-alkyl or cyclic N) is 1. The molecule has 0 bridgehead atoms. The van der Waals surface area contributed by atoms with E-state index in [9.17, 15) is 14.7 Å². The van der Waals surface area contributed by atoms with Crippen LogP contribution in [0.2, 0.25) is 0 Å². The van der Waals surface area contributed by atoms with Crippen molar-refractivity contribution in [2.45, 2.75) is 38.3 Å². The summed E-state index contributed by atoms with van der Waals surface area (Å²) in [5.74, 6) is -0.136. The molecule has 0 radical (unpaired) electrons. The van der Waals surface area contributed by atoms with E-state index in [-0.39, 0.29) is 48.5 Å². The zero-order valence-corrected chi connectivity index (χ0v) is 17.0. The van der Waals surface area contributed by atoms with Gasteiger partial charge in [0.05, 0.1) is 12.0 Å². The molecular formula is C17H32Cl2N4O3. The number of halogens is 2. The van der Waals surface area contributed by atoms with Crippen molar-refractivity contribution in [1.82, 2.24) is 20.4 Å². The van der Waals surface area contributed by atoms with Gasteiger partial charge in [0.15, 0.2) is 0 Å². The summed E-state index contributed by atoms with van der Waals surface area (Å²) in [5, 5.41) is 15.8. The van der Waals surface area contributed by atoms with Crippen molar-refractivity contribution in [1.29, 1.82) is 0 Å². The zero-order valence-electron chi connectivity index (χ0n) is 15.4. The summed E-state index contributed by atoms with van der Waals surface area (Å²) in [4.78, 5) is 28.9. The maximum Gasteiger partial charge on any atom is 0.225 e. The van der Waals surface area contributed by atoms with Gasteiger partial charge in [0.2, 0.25) is 11.8 Å². The average molecular weight is 411 g/mol. The molecule has 152 valence electrons. The standard InChI is InChI=1S/C17H30N4O3.2ClH/c1-2-20-5-3-4-14(20)11-21-10-12(6-16(21)23)17(24)19-8-13-7-18-9-15(13)22;;/h12-15,18,22H,2-11H2,1H3,(H,19,24);2*1H. The van der Waals surface area contributed by atoms with E-state index in [0.29, 0.717) is 32.1 Å². The van der Waals surface area contributed by atoms with Gasteiger partial charge in [0.25, 0.3) is 0 Å². The van der Waals surface area contributed by atoms with E-state index in [4.69, 9.17) is 0 Å². The Morgan fingerprint density at radius 3 is 2.77 bits per heavy atom. The van der Waals surface area contributed by atoms with Crippen LogP contribution in [0.3, 0.4) is 0 Å². The molecule has 3 rings (SSSR count). The Labute approximate surface area is 168 Å². The second-order valence-electron chi connectivity index (χ2n) is 7.36. The maximum atomic E-state index is 12.4. The molecule has 4 atom stereocenters. The lowest BCUT2D eigenvalue weighted by molar-refractivity contribution is -0.129. The monoisotopic (exact) mass is 410 g/mol. The molecule has 3 fully saturated rings. The van der Waals surface area contributed by atoms with Crippen LogP contribution in [0, 0.1) is 11.8 Å². The Balaban J connectivity index is 0.00000169. The van der Waals surface area contributed by atoms with Gasteiger partial charge >= 0.3 is 0 Å². The van der Waals surface area contributed by atoms with Crippen molar-refractivity contribution in [2.24, 2.45) is 11.8 Å². The maximum absolute atomic E-state index is 12.4. The number of rotatable bonds is 6. The molecule has 0 aliphatic carbocycles. The van der Waals surface area contributed by atoms with Gasteiger partial charge in [-0.05, 0) is 25.9 Å². The predicted molar refractivity (Wildman–Crippen MR) is 105 cm³/mol. The first kappa shape index (κ1) is 23.4. The molecule has 0 aromatic carbocycles. The van der Waals surface area contributed by atoms with Crippen LogP contribution in [0.4, 0.5) is 0 Å². The second-order valence-corrected chi connectivity index (χ2v) is 7.36. The normalized spacial score (nSPS) is 31.6. The summed E-state index contributed by atoms with van der Waals surface area (Å²) >= 11 is 0. The van der Waals surface area contributed by atoms with E-state index >= 15 is 0 Å². The Morgan fingerprint density at radius 1 is 1.35 bits per heavy atom. The molecule has 3 aliphatic heterocycles. The van der Waals surface area contributed by atoms with Crippen LogP contribution >= 0.6 is 24.8 Å². The minimum atomic E-state index is -0.394. The SMILES string of the molecule is CCN1CCCC1CN1CC(C(=O)NCC2CNCC2O)CC1=O.Cl.Cl. The number of hydrogen-bond donors (Lipinski definition) is 3. The fourth-order valence-electron chi connectivity index (χ4n) is 4.20. The first-order chi connectivity index (χ1) is 11.6. The molecule has 3 heterocycles. The molecule has 0 aromatic heterocycles. The number of aliphatic hydroxyl groups excluding tert-OH is 1. The number of nitrogens with zero attached hydrogens (tertiary/aromatic N) is 2. The predicted octanol–water partition coefficient (Wildman–Crippen LogP) is -0.141. The lowest BCUT2D eigenvalue weighted by atomic mass is 10.0. The van der Waals surface area contributed by atoms with E-state index in [1.54, 1.807) is 0 Å². The van der Waals surface area contributed by atoms with Crippen LogP contribution in [0.1, 0.15) is 26.2 Å². The smallest absolute Gasteiger partial charge is 0.225 e. The van der Waals surface area contributed by atoms with Crippen molar-refractivity contribution in [2.75, 3.05) is 45.8 Å². The van der Waals surface area contributed by atoms with Crippen molar-refractivity contribution in [3.05, 3.63) is 0 Å². The number of likely N-dealkylation sites (N-methyl/N-ethyl adjacent to an activating group) is 1. The molecule has 26 heavy (non-hydrogen) atoms. The number of carbonyl (C=O) groups excluding carboxylic acids is 2. The van der Waals surface area contributed by atoms with E-state index in [0.717, 1.165) is 32.6 Å². The molecule has 0 saturated carbocycles. The molecule has 7 nitrogen and oxygen atoms in total. The third kappa shape index (κ3) is 5.45. The summed E-state index contributed by atoms with van der Waals surface area (Å²) in [7, 11) is 0. The number of nitrogens with one attached hydrogen (secondary N) is 2. The number of likely N-dealkylation sites (tertiary alicyclic amines) is 2. The van der Waals surface area contributed by atoms with Crippen molar-refractivity contribution in [3.8, 4) is 0 Å². The highest BCUT2D eigenvalue weighted by Crippen LogP contribution is 2.23. The third-order valence-electron chi connectivity index (χ3n) is 5.76. The van der Waals surface area contributed by atoms with Crippen LogP contribution in [0.25, 0.3) is 0 Å². The Bertz CT molecular complexity index is 483. The minimum Gasteiger partial charge on any atom is -0.391 e. The van der Waals surface area contributed by atoms with E-state index in [1.807, 2.05) is 4.90 Å². The lowest BCUT2D eigenvalue weighted by Gasteiger charge is -2.27. The fraction of sp³-hybridized carbons (Fsp3) is 0.882. The highest BCUT2D eigenvalue weighted by Gasteiger charge is 2.37. The minimum absolute atomic E-state index is 0. The molecule has 3 saturated heterocycles.